The van der Waals surface area contributed by atoms with Crippen LogP contribution >= 0.6 is 11.3 Å². The first-order valence-electron chi connectivity index (χ1n) is 6.43. The van der Waals surface area contributed by atoms with E-state index in [9.17, 15) is 9.18 Å². The van der Waals surface area contributed by atoms with Crippen LogP contribution in [0.1, 0.15) is 15.9 Å². The SMILES string of the molecule is Cn1c(=NC(=O)c2ccc(C#N)cc2)sc2cccc(F)c21. The maximum atomic E-state index is 13.8. The number of carbonyl (C=O) groups is 1. The predicted molar refractivity (Wildman–Crippen MR) is 81.8 cm³/mol. The smallest absolute Gasteiger partial charge is 0.279 e. The minimum absolute atomic E-state index is 0.344. The summed E-state index contributed by atoms with van der Waals surface area (Å²) in [5.41, 5.74) is 1.29. The van der Waals surface area contributed by atoms with E-state index in [1.165, 1.54) is 17.4 Å². The number of hydrogen-bond donors (Lipinski definition) is 0. The van der Waals surface area contributed by atoms with Crippen LogP contribution in [-0.4, -0.2) is 10.5 Å². The Labute approximate surface area is 129 Å². The minimum Gasteiger partial charge on any atom is -0.317 e. The van der Waals surface area contributed by atoms with Crippen LogP contribution < -0.4 is 4.80 Å². The average molecular weight is 311 g/mol. The van der Waals surface area contributed by atoms with E-state index in [-0.39, 0.29) is 5.82 Å². The van der Waals surface area contributed by atoms with Gasteiger partial charge in [0.2, 0.25) is 0 Å². The van der Waals surface area contributed by atoms with E-state index in [0.29, 0.717) is 21.4 Å². The van der Waals surface area contributed by atoms with Gasteiger partial charge in [-0.15, -0.1) is 0 Å². The number of thiazole rings is 1. The summed E-state index contributed by atoms with van der Waals surface area (Å²) in [7, 11) is 1.67. The van der Waals surface area contributed by atoms with Gasteiger partial charge in [0.25, 0.3) is 5.91 Å². The van der Waals surface area contributed by atoms with Gasteiger partial charge in [-0.2, -0.15) is 10.3 Å². The van der Waals surface area contributed by atoms with Crippen LogP contribution in [0, 0.1) is 17.1 Å². The van der Waals surface area contributed by atoms with Crippen molar-refractivity contribution >= 4 is 27.5 Å². The van der Waals surface area contributed by atoms with Crippen molar-refractivity contribution in [3.63, 3.8) is 0 Å². The van der Waals surface area contributed by atoms with E-state index in [1.807, 2.05) is 6.07 Å². The molecule has 0 saturated carbocycles. The van der Waals surface area contributed by atoms with Crippen LogP contribution in [-0.2, 0) is 7.05 Å². The summed E-state index contributed by atoms with van der Waals surface area (Å²) in [6, 6.07) is 13.0. The first kappa shape index (κ1) is 14.2. The molecule has 3 rings (SSSR count). The fourth-order valence-electron chi connectivity index (χ4n) is 2.10. The Morgan fingerprint density at radius 1 is 1.27 bits per heavy atom. The zero-order valence-electron chi connectivity index (χ0n) is 11.6. The molecule has 0 spiro atoms. The van der Waals surface area contributed by atoms with E-state index < -0.39 is 5.91 Å². The second-order valence-electron chi connectivity index (χ2n) is 4.64. The van der Waals surface area contributed by atoms with Crippen molar-refractivity contribution in [3.8, 4) is 6.07 Å². The van der Waals surface area contributed by atoms with Gasteiger partial charge in [0.1, 0.15) is 5.82 Å². The number of para-hydroxylation sites is 1. The molecule has 3 aromatic rings. The van der Waals surface area contributed by atoms with Gasteiger partial charge < -0.3 is 4.57 Å². The Bertz CT molecular complexity index is 977. The number of halogens is 1. The number of nitrogens with zero attached hydrogens (tertiary/aromatic N) is 3. The third-order valence-corrected chi connectivity index (χ3v) is 4.33. The maximum Gasteiger partial charge on any atom is 0.279 e. The molecule has 0 aliphatic heterocycles. The molecule has 6 heteroatoms. The second kappa shape index (κ2) is 5.54. The van der Waals surface area contributed by atoms with Crippen molar-refractivity contribution in [3.05, 3.63) is 64.2 Å². The fraction of sp³-hybridized carbons (Fsp3) is 0.0625. The topological polar surface area (TPSA) is 58.1 Å². The molecule has 1 amide bonds. The van der Waals surface area contributed by atoms with Crippen molar-refractivity contribution in [2.45, 2.75) is 0 Å². The number of aryl methyl sites for hydroxylation is 1. The standard InChI is InChI=1S/C16H10FN3OS/c1-20-14-12(17)3-2-4-13(14)22-16(20)19-15(21)11-7-5-10(9-18)6-8-11/h2-8H,1H3. The van der Waals surface area contributed by atoms with E-state index in [1.54, 1.807) is 48.0 Å². The predicted octanol–water partition coefficient (Wildman–Crippen LogP) is 2.99. The highest BCUT2D eigenvalue weighted by molar-refractivity contribution is 7.16. The normalized spacial score (nSPS) is 11.6. The van der Waals surface area contributed by atoms with E-state index in [2.05, 4.69) is 4.99 Å². The monoisotopic (exact) mass is 311 g/mol. The number of aromatic nitrogens is 1. The molecule has 22 heavy (non-hydrogen) atoms. The first-order chi connectivity index (χ1) is 10.6. The lowest BCUT2D eigenvalue weighted by Gasteiger charge is -1.97. The summed E-state index contributed by atoms with van der Waals surface area (Å²) < 4.78 is 16.1. The number of benzene rings is 2. The number of carbonyl (C=O) groups excluding carboxylic acids is 1. The van der Waals surface area contributed by atoms with Crippen molar-refractivity contribution in [2.24, 2.45) is 12.0 Å². The molecular formula is C16H10FN3OS. The molecule has 0 atom stereocenters. The first-order valence-corrected chi connectivity index (χ1v) is 7.25. The largest absolute Gasteiger partial charge is 0.317 e. The van der Waals surface area contributed by atoms with Gasteiger partial charge in [0, 0.05) is 12.6 Å². The molecule has 0 bridgehead atoms. The van der Waals surface area contributed by atoms with E-state index in [4.69, 9.17) is 5.26 Å². The summed E-state index contributed by atoms with van der Waals surface area (Å²) >= 11 is 1.25. The second-order valence-corrected chi connectivity index (χ2v) is 5.65. The van der Waals surface area contributed by atoms with Crippen LogP contribution in [0.15, 0.2) is 47.5 Å². The van der Waals surface area contributed by atoms with Crippen molar-refractivity contribution in [1.29, 1.82) is 5.26 Å². The van der Waals surface area contributed by atoms with E-state index >= 15 is 0 Å². The Morgan fingerprint density at radius 2 is 2.00 bits per heavy atom. The van der Waals surface area contributed by atoms with Gasteiger partial charge in [-0.25, -0.2) is 4.39 Å². The number of amides is 1. The molecule has 0 aliphatic rings. The molecule has 108 valence electrons. The molecule has 0 aliphatic carbocycles. The lowest BCUT2D eigenvalue weighted by atomic mass is 10.1. The van der Waals surface area contributed by atoms with Crippen LogP contribution in [0.5, 0.6) is 0 Å². The molecule has 0 saturated heterocycles. The molecule has 1 heterocycles. The highest BCUT2D eigenvalue weighted by Crippen LogP contribution is 2.19. The van der Waals surface area contributed by atoms with Crippen molar-refractivity contribution < 1.29 is 9.18 Å². The summed E-state index contributed by atoms with van der Waals surface area (Å²) in [4.78, 5) is 16.7. The summed E-state index contributed by atoms with van der Waals surface area (Å²) in [6.07, 6.45) is 0. The number of hydrogen-bond acceptors (Lipinski definition) is 3. The Hall–Kier alpha value is -2.78. The molecule has 0 N–H and O–H groups in total. The summed E-state index contributed by atoms with van der Waals surface area (Å²) in [5, 5.41) is 8.75. The fourth-order valence-corrected chi connectivity index (χ4v) is 3.13. The van der Waals surface area contributed by atoms with Gasteiger partial charge in [0.15, 0.2) is 4.80 Å². The minimum atomic E-state index is -0.424. The lowest BCUT2D eigenvalue weighted by molar-refractivity contribution is 0.0998. The van der Waals surface area contributed by atoms with Crippen molar-refractivity contribution in [2.75, 3.05) is 0 Å². The number of rotatable bonds is 1. The molecule has 0 radical (unpaired) electrons. The van der Waals surface area contributed by atoms with Crippen LogP contribution in [0.2, 0.25) is 0 Å². The molecule has 1 aromatic heterocycles. The molecule has 2 aromatic carbocycles. The van der Waals surface area contributed by atoms with Crippen LogP contribution in [0.25, 0.3) is 10.2 Å². The summed E-state index contributed by atoms with van der Waals surface area (Å²) in [5.74, 6) is -0.768. The van der Waals surface area contributed by atoms with Gasteiger partial charge >= 0.3 is 0 Å². The van der Waals surface area contributed by atoms with Gasteiger partial charge in [-0.05, 0) is 36.4 Å². The zero-order valence-corrected chi connectivity index (χ0v) is 12.4. The highest BCUT2D eigenvalue weighted by atomic mass is 32.1. The van der Waals surface area contributed by atoms with Crippen LogP contribution in [0.4, 0.5) is 4.39 Å². The summed E-state index contributed by atoms with van der Waals surface area (Å²) in [6.45, 7) is 0. The highest BCUT2D eigenvalue weighted by Gasteiger charge is 2.09. The third-order valence-electron chi connectivity index (χ3n) is 3.23. The third kappa shape index (κ3) is 2.43. The molecule has 4 nitrogen and oxygen atoms in total. The Kier molecular flexibility index (Phi) is 3.57. The molecule has 0 unspecified atom stereocenters. The van der Waals surface area contributed by atoms with Crippen molar-refractivity contribution in [1.82, 2.24) is 4.57 Å². The lowest BCUT2D eigenvalue weighted by Crippen LogP contribution is -2.13. The van der Waals surface area contributed by atoms with Gasteiger partial charge in [-0.1, -0.05) is 17.4 Å². The van der Waals surface area contributed by atoms with Crippen LogP contribution in [0.3, 0.4) is 0 Å². The Balaban J connectivity index is 2.08. The maximum absolute atomic E-state index is 13.8. The average Bonchev–Trinajstić information content (AvgIpc) is 2.85. The van der Waals surface area contributed by atoms with Gasteiger partial charge in [-0.3, -0.25) is 4.79 Å². The number of fused-ring (bicyclic) bond motifs is 1. The number of nitriles is 1. The van der Waals surface area contributed by atoms with Gasteiger partial charge in [0.05, 0.1) is 21.8 Å². The zero-order chi connectivity index (χ0) is 15.7. The van der Waals surface area contributed by atoms with E-state index in [0.717, 1.165) is 4.70 Å². The molecular weight excluding hydrogens is 301 g/mol. The molecule has 0 fully saturated rings. The Morgan fingerprint density at radius 3 is 2.64 bits per heavy atom. The quantitative estimate of drug-likeness (QED) is 0.693.